The van der Waals surface area contributed by atoms with Crippen LogP contribution in [0, 0.1) is 0 Å². The Morgan fingerprint density at radius 1 is 0.492 bits per heavy atom. The van der Waals surface area contributed by atoms with Gasteiger partial charge < -0.3 is 21.0 Å². The molecule has 9 rings (SSSR count). The number of fused-ring (bicyclic) bond motifs is 8. The molecule has 2 amide bonds. The second-order valence-electron chi connectivity index (χ2n) is 14.1. The van der Waals surface area contributed by atoms with E-state index in [4.69, 9.17) is 15.7 Å². The Balaban J connectivity index is 1.42. The van der Waals surface area contributed by atoms with E-state index in [-0.39, 0.29) is 9.79 Å². The van der Waals surface area contributed by atoms with Gasteiger partial charge in [0.1, 0.15) is 0 Å². The molecule has 0 radical (unpaired) electrons. The number of amides is 2. The molecular weight excluding hydrogens is 833 g/mol. The molecule has 8 bridgehead atoms. The van der Waals surface area contributed by atoms with Crippen LogP contribution in [0.15, 0.2) is 136 Å². The van der Waals surface area contributed by atoms with Gasteiger partial charge in [0.15, 0.2) is 0 Å². The van der Waals surface area contributed by atoms with Gasteiger partial charge in [-0.2, -0.15) is 16.8 Å². The molecule has 7 aromatic rings. The van der Waals surface area contributed by atoms with Crippen molar-refractivity contribution in [3.8, 4) is 44.5 Å². The molecule has 0 aliphatic carbocycles. The van der Waals surface area contributed by atoms with E-state index in [2.05, 4.69) is 27.9 Å². The first-order valence-electron chi connectivity index (χ1n) is 18.5. The topological polar surface area (TPSA) is 221 Å². The molecule has 0 saturated heterocycles. The molecule has 5 heterocycles. The van der Waals surface area contributed by atoms with Gasteiger partial charge in [-0.3, -0.25) is 9.11 Å². The molecule has 13 nitrogen and oxygen atoms in total. The monoisotopic (exact) mass is 864 g/mol. The highest BCUT2D eigenvalue weighted by Crippen LogP contribution is 2.39. The number of nitrogens with two attached hydrogens (primary N) is 1. The molecule has 3 aromatic heterocycles. The predicted octanol–water partition coefficient (Wildman–Crippen LogP) is 9.60. The van der Waals surface area contributed by atoms with Crippen LogP contribution in [0.5, 0.6) is 0 Å². The van der Waals surface area contributed by atoms with Gasteiger partial charge in [-0.25, -0.2) is 14.8 Å². The number of carbonyl (C=O) groups excluding carboxylic acids is 1. The van der Waals surface area contributed by atoms with Crippen molar-refractivity contribution in [2.45, 2.75) is 14.7 Å². The summed E-state index contributed by atoms with van der Waals surface area (Å²) in [6.45, 7) is 0. The van der Waals surface area contributed by atoms with Crippen molar-refractivity contribution in [3.63, 3.8) is 0 Å². The second-order valence-corrected chi connectivity index (χ2v) is 17.5. The van der Waals surface area contributed by atoms with Gasteiger partial charge >= 0.3 is 6.03 Å². The Labute approximate surface area is 354 Å². The number of benzene rings is 4. The first-order chi connectivity index (χ1) is 29.2. The van der Waals surface area contributed by atoms with Crippen molar-refractivity contribution in [1.29, 1.82) is 0 Å². The Kier molecular flexibility index (Phi) is 9.81. The number of primary amides is 1. The number of hydrogen-bond acceptors (Lipinski definition) is 8. The Morgan fingerprint density at radius 2 is 0.787 bits per heavy atom. The minimum absolute atomic E-state index is 0.257. The quantitative estimate of drug-likeness (QED) is 0.0598. The van der Waals surface area contributed by atoms with E-state index in [1.165, 1.54) is 24.3 Å². The number of H-pyrrole nitrogens is 2. The van der Waals surface area contributed by atoms with E-state index in [0.29, 0.717) is 78.3 Å². The van der Waals surface area contributed by atoms with Gasteiger partial charge in [-0.05, 0) is 119 Å². The van der Waals surface area contributed by atoms with Crippen LogP contribution in [-0.4, -0.2) is 51.9 Å². The maximum absolute atomic E-state index is 12.0. The van der Waals surface area contributed by atoms with Gasteiger partial charge in [0.05, 0.1) is 32.6 Å². The molecule has 302 valence electrons. The third-order valence-electron chi connectivity index (χ3n) is 10.2. The van der Waals surface area contributed by atoms with Crippen molar-refractivity contribution in [1.82, 2.24) is 19.9 Å². The van der Waals surface area contributed by atoms with Crippen LogP contribution in [0.25, 0.3) is 90.9 Å². The highest BCUT2D eigenvalue weighted by molar-refractivity contribution is 7.86. The minimum Gasteiger partial charge on any atom is -0.354 e. The number of hydrogen-bond donors (Lipinski definition) is 7. The zero-order chi connectivity index (χ0) is 42.6. The summed E-state index contributed by atoms with van der Waals surface area (Å²) in [6, 6.07) is 33.4. The lowest BCUT2D eigenvalue weighted by Crippen LogP contribution is -2.19. The molecule has 2 aliphatic rings. The SMILES string of the molecule is NC(=O)Nc1ccc(-c2c3nc(c(-c4ccc(S(=O)(=O)O)cc4)c4ccc([nH]4)c(-c4ccc(S)cc4)c4nc(c(-c5ccc(S(=O)(=O)O)cc5)c5ccc2[nH]5)C=C4)C=C3)cc1. The molecule has 4 aromatic carbocycles. The Hall–Kier alpha value is -7.08. The molecule has 0 fully saturated rings. The number of rotatable bonds is 7. The summed E-state index contributed by atoms with van der Waals surface area (Å²) >= 11 is 4.52. The van der Waals surface area contributed by atoms with Crippen molar-refractivity contribution < 1.29 is 30.7 Å². The smallest absolute Gasteiger partial charge is 0.316 e. The number of nitrogens with zero attached hydrogens (tertiary/aromatic N) is 2. The van der Waals surface area contributed by atoms with Crippen LogP contribution in [-0.2, 0) is 20.2 Å². The van der Waals surface area contributed by atoms with Crippen LogP contribution < -0.4 is 11.1 Å². The standard InChI is InChI=1S/C45H32N6O7S3/c46-45(52)47-29-9-1-25(2-10-29)41-33-17-21-37(48-33)43(27-5-13-31(14-6-27)60(53,54)55)39-23-19-35(50-39)42(26-3-11-30(59)12-4-26)36-20-24-40(51-36)44(38-22-18-34(41)49-38)28-7-15-32(16-8-28)61(56,57)58/h1-24,48,51,59H,(H3,46,47,52)(H,53,54,55)(H,56,57,58). The molecule has 2 aliphatic heterocycles. The molecule has 7 N–H and O–H groups in total. The van der Waals surface area contributed by atoms with Crippen molar-refractivity contribution >= 4 is 91.0 Å². The van der Waals surface area contributed by atoms with Crippen molar-refractivity contribution in [3.05, 3.63) is 144 Å². The number of nitrogens with one attached hydrogen (secondary N) is 3. The first kappa shape index (κ1) is 39.4. The largest absolute Gasteiger partial charge is 0.354 e. The summed E-state index contributed by atoms with van der Waals surface area (Å²) in [5.74, 6) is 0. The number of urea groups is 1. The average molecular weight is 865 g/mol. The lowest BCUT2D eigenvalue weighted by molar-refractivity contribution is 0.259. The maximum Gasteiger partial charge on any atom is 0.316 e. The van der Waals surface area contributed by atoms with Gasteiger partial charge in [-0.1, -0.05) is 48.5 Å². The lowest BCUT2D eigenvalue weighted by atomic mass is 10.0. The zero-order valence-electron chi connectivity index (χ0n) is 31.5. The average Bonchev–Trinajstić information content (AvgIpc) is 4.07. The van der Waals surface area contributed by atoms with E-state index >= 15 is 0 Å². The van der Waals surface area contributed by atoms with E-state index in [1.807, 2.05) is 85.0 Å². The Bertz CT molecular complexity index is 3320. The van der Waals surface area contributed by atoms with Crippen LogP contribution in [0.3, 0.4) is 0 Å². The fourth-order valence-corrected chi connectivity index (χ4v) is 8.61. The summed E-state index contributed by atoms with van der Waals surface area (Å²) in [4.78, 5) is 29.4. The molecule has 0 atom stereocenters. The third kappa shape index (κ3) is 7.77. The van der Waals surface area contributed by atoms with Crippen LogP contribution in [0.2, 0.25) is 0 Å². The normalized spacial score (nSPS) is 12.4. The predicted molar refractivity (Wildman–Crippen MR) is 241 cm³/mol. The summed E-state index contributed by atoms with van der Waals surface area (Å²) in [5.41, 5.74) is 16.3. The summed E-state index contributed by atoms with van der Waals surface area (Å²) in [6.07, 6.45) is 7.51. The van der Waals surface area contributed by atoms with Gasteiger partial charge in [-0.15, -0.1) is 12.6 Å². The summed E-state index contributed by atoms with van der Waals surface area (Å²) in [5, 5.41) is 2.58. The van der Waals surface area contributed by atoms with E-state index in [0.717, 1.165) is 21.6 Å². The number of aromatic nitrogens is 4. The van der Waals surface area contributed by atoms with Gasteiger partial charge in [0.25, 0.3) is 20.2 Å². The van der Waals surface area contributed by atoms with Gasteiger partial charge in [0, 0.05) is 54.9 Å². The van der Waals surface area contributed by atoms with Crippen molar-refractivity contribution in [2.24, 2.45) is 5.73 Å². The second kappa shape index (κ2) is 15.2. The number of carbonyl (C=O) groups is 1. The fourth-order valence-electron chi connectivity index (χ4n) is 7.50. The number of aromatic amines is 2. The van der Waals surface area contributed by atoms with E-state index in [1.54, 1.807) is 36.4 Å². The van der Waals surface area contributed by atoms with E-state index in [9.17, 15) is 30.7 Å². The molecule has 16 heteroatoms. The third-order valence-corrected chi connectivity index (χ3v) is 12.3. The Morgan fingerprint density at radius 3 is 1.08 bits per heavy atom. The highest BCUT2D eigenvalue weighted by atomic mass is 32.2. The van der Waals surface area contributed by atoms with Crippen LogP contribution >= 0.6 is 12.6 Å². The number of anilines is 1. The summed E-state index contributed by atoms with van der Waals surface area (Å²) < 4.78 is 67.7. The fraction of sp³-hybridized carbons (Fsp3) is 0. The molecule has 61 heavy (non-hydrogen) atoms. The highest BCUT2D eigenvalue weighted by Gasteiger charge is 2.20. The first-order valence-corrected chi connectivity index (χ1v) is 21.8. The molecular formula is C45H32N6O7S3. The van der Waals surface area contributed by atoms with Crippen LogP contribution in [0.1, 0.15) is 22.8 Å². The lowest BCUT2D eigenvalue weighted by Gasteiger charge is -2.08. The molecule has 0 spiro atoms. The minimum atomic E-state index is -4.46. The zero-order valence-corrected chi connectivity index (χ0v) is 34.1. The van der Waals surface area contributed by atoms with Gasteiger partial charge in [0.2, 0.25) is 0 Å². The van der Waals surface area contributed by atoms with Crippen LogP contribution in [0.4, 0.5) is 10.5 Å². The van der Waals surface area contributed by atoms with E-state index < -0.39 is 26.3 Å². The summed E-state index contributed by atoms with van der Waals surface area (Å²) in [7, 11) is -8.93. The van der Waals surface area contributed by atoms with Crippen molar-refractivity contribution in [2.75, 3.05) is 5.32 Å². The number of thiol groups is 1. The molecule has 0 unspecified atom stereocenters. The molecule has 0 saturated carbocycles. The maximum atomic E-state index is 12.0.